The van der Waals surface area contributed by atoms with Gasteiger partial charge in [0.15, 0.2) is 0 Å². The summed E-state index contributed by atoms with van der Waals surface area (Å²) in [6.07, 6.45) is 3.47. The summed E-state index contributed by atoms with van der Waals surface area (Å²) < 4.78 is 0. The first-order valence-electron chi connectivity index (χ1n) is 6.75. The molecule has 0 bridgehead atoms. The molecule has 0 saturated carbocycles. The van der Waals surface area contributed by atoms with Gasteiger partial charge in [-0.25, -0.2) is 0 Å². The molecule has 104 valence electrons. The van der Waals surface area contributed by atoms with Crippen LogP contribution in [0, 0.1) is 0 Å². The fourth-order valence-electron chi connectivity index (χ4n) is 1.76. The van der Waals surface area contributed by atoms with E-state index >= 15 is 0 Å². The van der Waals surface area contributed by atoms with Crippen LogP contribution in [0.3, 0.4) is 0 Å². The Kier molecular flexibility index (Phi) is 7.51. The minimum absolute atomic E-state index is 0.135. The number of aldehydes is 1. The summed E-state index contributed by atoms with van der Waals surface area (Å²) in [5, 5.41) is 5.77. The van der Waals surface area contributed by atoms with E-state index in [9.17, 15) is 9.59 Å². The maximum Gasteiger partial charge on any atom is 0.234 e. The summed E-state index contributed by atoms with van der Waals surface area (Å²) in [6, 6.07) is 9.21. The molecular formula is C15H22N2O2. The van der Waals surface area contributed by atoms with Crippen molar-refractivity contribution in [3.8, 4) is 0 Å². The first-order chi connectivity index (χ1) is 9.26. The van der Waals surface area contributed by atoms with Crippen LogP contribution in [0.1, 0.15) is 25.3 Å². The highest BCUT2D eigenvalue weighted by Crippen LogP contribution is 2.01. The third-order valence-corrected chi connectivity index (χ3v) is 2.80. The summed E-state index contributed by atoms with van der Waals surface area (Å²) in [4.78, 5) is 22.6. The second-order valence-corrected chi connectivity index (χ2v) is 4.53. The smallest absolute Gasteiger partial charge is 0.234 e. The number of hydrogen-bond acceptors (Lipinski definition) is 3. The number of nitrogens with one attached hydrogen (secondary N) is 2. The van der Waals surface area contributed by atoms with Crippen molar-refractivity contribution in [2.24, 2.45) is 0 Å². The largest absolute Gasteiger partial charge is 0.345 e. The van der Waals surface area contributed by atoms with Gasteiger partial charge < -0.3 is 15.4 Å². The predicted octanol–water partition coefficient (Wildman–Crippen LogP) is 1.30. The van der Waals surface area contributed by atoms with Gasteiger partial charge in [-0.1, -0.05) is 43.7 Å². The summed E-state index contributed by atoms with van der Waals surface area (Å²) in [5.41, 5.74) is 1.04. The van der Waals surface area contributed by atoms with Crippen molar-refractivity contribution in [3.63, 3.8) is 0 Å². The Hall–Kier alpha value is -1.68. The van der Waals surface area contributed by atoms with Crippen molar-refractivity contribution < 1.29 is 9.59 Å². The molecule has 2 N–H and O–H groups in total. The average Bonchev–Trinajstić information content (AvgIpc) is 2.44. The highest BCUT2D eigenvalue weighted by Gasteiger charge is 2.11. The predicted molar refractivity (Wildman–Crippen MR) is 75.9 cm³/mol. The van der Waals surface area contributed by atoms with Crippen LogP contribution in [0.2, 0.25) is 0 Å². The fourth-order valence-corrected chi connectivity index (χ4v) is 1.76. The van der Waals surface area contributed by atoms with E-state index in [1.165, 1.54) is 0 Å². The van der Waals surface area contributed by atoms with E-state index in [1.807, 2.05) is 30.3 Å². The number of rotatable bonds is 9. The lowest BCUT2D eigenvalue weighted by Crippen LogP contribution is -2.42. The minimum Gasteiger partial charge on any atom is -0.345 e. The maximum absolute atomic E-state index is 11.6. The third kappa shape index (κ3) is 6.72. The van der Waals surface area contributed by atoms with Gasteiger partial charge in [-0.3, -0.25) is 4.79 Å². The topological polar surface area (TPSA) is 58.2 Å². The lowest BCUT2D eigenvalue weighted by atomic mass is 10.1. The SMILES string of the molecule is CCCCNCC(=O)N[C@H](C=O)Cc1ccccc1. The molecule has 4 heteroatoms. The molecular weight excluding hydrogens is 240 g/mol. The van der Waals surface area contributed by atoms with E-state index < -0.39 is 6.04 Å². The van der Waals surface area contributed by atoms with Crippen LogP contribution >= 0.6 is 0 Å². The number of amides is 1. The maximum atomic E-state index is 11.6. The van der Waals surface area contributed by atoms with Crippen molar-refractivity contribution in [2.45, 2.75) is 32.2 Å². The van der Waals surface area contributed by atoms with Crippen LogP contribution in [0.15, 0.2) is 30.3 Å². The van der Waals surface area contributed by atoms with E-state index in [4.69, 9.17) is 0 Å². The molecule has 19 heavy (non-hydrogen) atoms. The third-order valence-electron chi connectivity index (χ3n) is 2.80. The van der Waals surface area contributed by atoms with Crippen LogP contribution in [0.4, 0.5) is 0 Å². The monoisotopic (exact) mass is 262 g/mol. The van der Waals surface area contributed by atoms with Gasteiger partial charge in [0.05, 0.1) is 12.6 Å². The molecule has 0 aliphatic heterocycles. The zero-order valence-corrected chi connectivity index (χ0v) is 11.4. The molecule has 0 aliphatic carbocycles. The number of unbranched alkanes of at least 4 members (excludes halogenated alkanes) is 1. The Labute approximate surface area is 114 Å². The van der Waals surface area contributed by atoms with E-state index in [2.05, 4.69) is 17.6 Å². The van der Waals surface area contributed by atoms with Crippen LogP contribution in [0.5, 0.6) is 0 Å². The molecule has 1 aromatic carbocycles. The first kappa shape index (κ1) is 15.4. The van der Waals surface area contributed by atoms with E-state index in [-0.39, 0.29) is 12.5 Å². The molecule has 0 saturated heterocycles. The van der Waals surface area contributed by atoms with Crippen molar-refractivity contribution in [3.05, 3.63) is 35.9 Å². The van der Waals surface area contributed by atoms with E-state index in [1.54, 1.807) is 0 Å². The molecule has 0 heterocycles. The van der Waals surface area contributed by atoms with Gasteiger partial charge in [-0.2, -0.15) is 0 Å². The highest BCUT2D eigenvalue weighted by molar-refractivity contribution is 5.81. The highest BCUT2D eigenvalue weighted by atomic mass is 16.2. The Balaban J connectivity index is 2.31. The van der Waals surface area contributed by atoms with Gasteiger partial charge in [-0.05, 0) is 24.9 Å². The summed E-state index contributed by atoms with van der Waals surface area (Å²) >= 11 is 0. The van der Waals surface area contributed by atoms with E-state index in [0.717, 1.165) is 31.2 Å². The zero-order chi connectivity index (χ0) is 13.9. The summed E-state index contributed by atoms with van der Waals surface area (Å²) in [5.74, 6) is -0.135. The molecule has 4 nitrogen and oxygen atoms in total. The van der Waals surface area contributed by atoms with Gasteiger partial charge in [0.2, 0.25) is 5.91 Å². The summed E-state index contributed by atoms with van der Waals surface area (Å²) in [6.45, 7) is 3.19. The lowest BCUT2D eigenvalue weighted by Gasteiger charge is -2.13. The van der Waals surface area contributed by atoms with Gasteiger partial charge in [0.1, 0.15) is 6.29 Å². The molecule has 0 fully saturated rings. The van der Waals surface area contributed by atoms with Gasteiger partial charge in [0, 0.05) is 0 Å². The van der Waals surface area contributed by atoms with Crippen LogP contribution in [-0.2, 0) is 16.0 Å². The molecule has 0 radical (unpaired) electrons. The fraction of sp³-hybridized carbons (Fsp3) is 0.467. The van der Waals surface area contributed by atoms with Crippen molar-refractivity contribution in [2.75, 3.05) is 13.1 Å². The van der Waals surface area contributed by atoms with Crippen molar-refractivity contribution in [1.29, 1.82) is 0 Å². The average molecular weight is 262 g/mol. The molecule has 0 unspecified atom stereocenters. The summed E-state index contributed by atoms with van der Waals surface area (Å²) in [7, 11) is 0. The zero-order valence-electron chi connectivity index (χ0n) is 11.4. The van der Waals surface area contributed by atoms with Crippen LogP contribution in [0.25, 0.3) is 0 Å². The van der Waals surface area contributed by atoms with Gasteiger partial charge in [-0.15, -0.1) is 0 Å². The number of hydrogen-bond donors (Lipinski definition) is 2. The Morgan fingerprint density at radius 2 is 2.05 bits per heavy atom. The quantitative estimate of drug-likeness (QED) is 0.521. The molecule has 0 aromatic heterocycles. The Morgan fingerprint density at radius 3 is 2.68 bits per heavy atom. The molecule has 0 spiro atoms. The lowest BCUT2D eigenvalue weighted by molar-refractivity contribution is -0.123. The molecule has 1 rings (SSSR count). The molecule has 1 atom stereocenters. The molecule has 0 aliphatic rings. The minimum atomic E-state index is -0.456. The van der Waals surface area contributed by atoms with Crippen LogP contribution in [-0.4, -0.2) is 31.3 Å². The second-order valence-electron chi connectivity index (χ2n) is 4.53. The van der Waals surface area contributed by atoms with Gasteiger partial charge >= 0.3 is 0 Å². The first-order valence-corrected chi connectivity index (χ1v) is 6.75. The Morgan fingerprint density at radius 1 is 1.32 bits per heavy atom. The van der Waals surface area contributed by atoms with Gasteiger partial charge in [0.25, 0.3) is 0 Å². The normalized spacial score (nSPS) is 11.8. The second kappa shape index (κ2) is 9.28. The molecule has 1 amide bonds. The standard InChI is InChI=1S/C15H22N2O2/c1-2-3-9-16-11-15(19)17-14(12-18)10-13-7-5-4-6-8-13/h4-8,12,14,16H,2-3,9-11H2,1H3,(H,17,19)/t14-/m0/s1. The van der Waals surface area contributed by atoms with E-state index in [0.29, 0.717) is 6.42 Å². The van der Waals surface area contributed by atoms with Crippen molar-refractivity contribution in [1.82, 2.24) is 10.6 Å². The number of carbonyl (C=O) groups excluding carboxylic acids is 2. The molecule has 1 aromatic rings. The number of carbonyl (C=O) groups is 2. The Bertz CT molecular complexity index is 379. The number of benzene rings is 1. The van der Waals surface area contributed by atoms with Crippen molar-refractivity contribution >= 4 is 12.2 Å². The van der Waals surface area contributed by atoms with Crippen LogP contribution < -0.4 is 10.6 Å².